The number of carbonyl (C=O) groups is 1. The summed E-state index contributed by atoms with van der Waals surface area (Å²) < 4.78 is 4.98. The fourth-order valence-electron chi connectivity index (χ4n) is 2.09. The van der Waals surface area contributed by atoms with Crippen molar-refractivity contribution in [3.05, 3.63) is 47.8 Å². The van der Waals surface area contributed by atoms with Gasteiger partial charge in [0.1, 0.15) is 5.82 Å². The standard InChI is InChI=1S/C14H13N5O2/c1-8-6-12(21-19-8)17-14(20)11-7-16-13(18-15)10-5-3-2-4-9(10)11/h2-7H,15H2,1H3,(H,16,18)(H,17,20). The molecule has 2 aromatic heterocycles. The van der Waals surface area contributed by atoms with E-state index in [0.29, 0.717) is 23.0 Å². The number of pyridine rings is 1. The van der Waals surface area contributed by atoms with Gasteiger partial charge in [-0.2, -0.15) is 0 Å². The molecule has 0 unspecified atom stereocenters. The molecule has 0 aliphatic carbocycles. The van der Waals surface area contributed by atoms with Crippen LogP contribution in [0.2, 0.25) is 0 Å². The number of carbonyl (C=O) groups excluding carboxylic acids is 1. The molecule has 2 heterocycles. The van der Waals surface area contributed by atoms with E-state index in [1.807, 2.05) is 24.3 Å². The van der Waals surface area contributed by atoms with Gasteiger partial charge in [0.05, 0.1) is 11.3 Å². The first-order valence-electron chi connectivity index (χ1n) is 6.28. The van der Waals surface area contributed by atoms with Crippen molar-refractivity contribution in [3.8, 4) is 0 Å². The molecule has 4 N–H and O–H groups in total. The number of benzene rings is 1. The van der Waals surface area contributed by atoms with Gasteiger partial charge in [0.15, 0.2) is 0 Å². The number of nitrogens with one attached hydrogen (secondary N) is 2. The SMILES string of the molecule is Cc1cc(NC(=O)c2cnc(NN)c3ccccc23)on1. The zero-order valence-corrected chi connectivity index (χ0v) is 11.3. The van der Waals surface area contributed by atoms with Crippen molar-refractivity contribution in [1.82, 2.24) is 10.1 Å². The molecule has 0 radical (unpaired) electrons. The van der Waals surface area contributed by atoms with Gasteiger partial charge in [-0.3, -0.25) is 10.1 Å². The molecule has 3 rings (SSSR count). The highest BCUT2D eigenvalue weighted by Crippen LogP contribution is 2.24. The van der Waals surface area contributed by atoms with Crippen LogP contribution in [0.15, 0.2) is 41.1 Å². The lowest BCUT2D eigenvalue weighted by Crippen LogP contribution is -2.14. The summed E-state index contributed by atoms with van der Waals surface area (Å²) in [5.74, 6) is 5.92. The molecular weight excluding hydrogens is 270 g/mol. The van der Waals surface area contributed by atoms with Crippen molar-refractivity contribution < 1.29 is 9.32 Å². The fraction of sp³-hybridized carbons (Fsp3) is 0.0714. The Labute approximate surface area is 120 Å². The van der Waals surface area contributed by atoms with Gasteiger partial charge in [0.25, 0.3) is 5.91 Å². The lowest BCUT2D eigenvalue weighted by atomic mass is 10.1. The minimum Gasteiger partial charge on any atom is -0.338 e. The van der Waals surface area contributed by atoms with Crippen LogP contribution in [0.3, 0.4) is 0 Å². The van der Waals surface area contributed by atoms with E-state index in [0.717, 1.165) is 10.8 Å². The molecule has 21 heavy (non-hydrogen) atoms. The molecule has 0 fully saturated rings. The Balaban J connectivity index is 2.02. The van der Waals surface area contributed by atoms with Crippen LogP contribution >= 0.6 is 0 Å². The predicted molar refractivity (Wildman–Crippen MR) is 78.7 cm³/mol. The lowest BCUT2D eigenvalue weighted by Gasteiger charge is -2.09. The van der Waals surface area contributed by atoms with Crippen molar-refractivity contribution in [2.45, 2.75) is 6.92 Å². The number of hydrazine groups is 1. The second-order valence-electron chi connectivity index (χ2n) is 4.50. The van der Waals surface area contributed by atoms with E-state index < -0.39 is 0 Å². The summed E-state index contributed by atoms with van der Waals surface area (Å²) in [6.07, 6.45) is 1.47. The van der Waals surface area contributed by atoms with Crippen molar-refractivity contribution in [1.29, 1.82) is 0 Å². The number of rotatable bonds is 3. The second-order valence-corrected chi connectivity index (χ2v) is 4.50. The van der Waals surface area contributed by atoms with E-state index in [1.54, 1.807) is 13.0 Å². The van der Waals surface area contributed by atoms with E-state index in [1.165, 1.54) is 6.20 Å². The highest BCUT2D eigenvalue weighted by molar-refractivity contribution is 6.13. The average Bonchev–Trinajstić information content (AvgIpc) is 2.91. The van der Waals surface area contributed by atoms with Gasteiger partial charge in [0.2, 0.25) is 5.88 Å². The van der Waals surface area contributed by atoms with E-state index >= 15 is 0 Å². The molecule has 0 bridgehead atoms. The van der Waals surface area contributed by atoms with Crippen LogP contribution in [0.1, 0.15) is 16.1 Å². The zero-order chi connectivity index (χ0) is 14.8. The van der Waals surface area contributed by atoms with E-state index in [2.05, 4.69) is 20.9 Å². The number of nitrogen functional groups attached to an aromatic ring is 1. The van der Waals surface area contributed by atoms with Crippen molar-refractivity contribution in [2.75, 3.05) is 10.7 Å². The largest absolute Gasteiger partial charge is 0.338 e. The molecule has 0 saturated carbocycles. The Morgan fingerprint density at radius 2 is 2.05 bits per heavy atom. The second kappa shape index (κ2) is 5.22. The zero-order valence-electron chi connectivity index (χ0n) is 11.3. The number of aromatic nitrogens is 2. The first-order chi connectivity index (χ1) is 10.2. The van der Waals surface area contributed by atoms with Crippen LogP contribution in [0, 0.1) is 6.92 Å². The molecule has 0 aliphatic heterocycles. The van der Waals surface area contributed by atoms with Crippen LogP contribution in [-0.4, -0.2) is 16.0 Å². The first kappa shape index (κ1) is 13.1. The van der Waals surface area contributed by atoms with E-state index in [9.17, 15) is 4.79 Å². The number of aryl methyl sites for hydroxylation is 1. The molecule has 1 aromatic carbocycles. The number of hydrogen-bond acceptors (Lipinski definition) is 6. The first-order valence-corrected chi connectivity index (χ1v) is 6.28. The Morgan fingerprint density at radius 1 is 1.29 bits per heavy atom. The molecule has 0 spiro atoms. The van der Waals surface area contributed by atoms with Gasteiger partial charge in [-0.05, 0) is 12.3 Å². The Kier molecular flexibility index (Phi) is 3.25. The lowest BCUT2D eigenvalue weighted by molar-refractivity contribution is 0.102. The van der Waals surface area contributed by atoms with Crippen molar-refractivity contribution in [3.63, 3.8) is 0 Å². The maximum atomic E-state index is 12.3. The van der Waals surface area contributed by atoms with Crippen LogP contribution in [-0.2, 0) is 0 Å². The third kappa shape index (κ3) is 2.41. The van der Waals surface area contributed by atoms with Crippen molar-refractivity contribution in [2.24, 2.45) is 5.84 Å². The highest BCUT2D eigenvalue weighted by atomic mass is 16.5. The van der Waals surface area contributed by atoms with Gasteiger partial charge in [-0.15, -0.1) is 0 Å². The fourth-order valence-corrected chi connectivity index (χ4v) is 2.09. The molecule has 3 aromatic rings. The number of nitrogens with two attached hydrogens (primary N) is 1. The van der Waals surface area contributed by atoms with Gasteiger partial charge < -0.3 is 9.95 Å². The van der Waals surface area contributed by atoms with Gasteiger partial charge in [-0.25, -0.2) is 10.8 Å². The van der Waals surface area contributed by atoms with Crippen LogP contribution < -0.4 is 16.6 Å². The number of fused-ring (bicyclic) bond motifs is 1. The summed E-state index contributed by atoms with van der Waals surface area (Å²) in [5, 5.41) is 7.88. The summed E-state index contributed by atoms with van der Waals surface area (Å²) in [5.41, 5.74) is 3.64. The summed E-state index contributed by atoms with van der Waals surface area (Å²) in [6.45, 7) is 1.78. The number of amides is 1. The van der Waals surface area contributed by atoms with Crippen molar-refractivity contribution >= 4 is 28.4 Å². The topological polar surface area (TPSA) is 106 Å². The Morgan fingerprint density at radius 3 is 2.71 bits per heavy atom. The average molecular weight is 283 g/mol. The predicted octanol–water partition coefficient (Wildman–Crippen LogP) is 2.07. The summed E-state index contributed by atoms with van der Waals surface area (Å²) in [7, 11) is 0. The van der Waals surface area contributed by atoms with Gasteiger partial charge in [-0.1, -0.05) is 29.4 Å². The van der Waals surface area contributed by atoms with Crippen LogP contribution in [0.4, 0.5) is 11.7 Å². The number of nitrogens with zero attached hydrogens (tertiary/aromatic N) is 2. The Hall–Kier alpha value is -2.93. The third-order valence-corrected chi connectivity index (χ3v) is 3.04. The van der Waals surface area contributed by atoms with Crippen LogP contribution in [0.5, 0.6) is 0 Å². The third-order valence-electron chi connectivity index (χ3n) is 3.04. The Bertz CT molecular complexity index is 812. The normalized spacial score (nSPS) is 10.6. The van der Waals surface area contributed by atoms with Gasteiger partial charge >= 0.3 is 0 Å². The maximum Gasteiger partial charge on any atom is 0.260 e. The molecular formula is C14H13N5O2. The molecule has 0 aliphatic rings. The molecule has 7 nitrogen and oxygen atoms in total. The molecule has 106 valence electrons. The summed E-state index contributed by atoms with van der Waals surface area (Å²) in [4.78, 5) is 16.5. The molecule has 7 heteroatoms. The number of anilines is 2. The van der Waals surface area contributed by atoms with E-state index in [-0.39, 0.29) is 5.91 Å². The maximum absolute atomic E-state index is 12.3. The summed E-state index contributed by atoms with van der Waals surface area (Å²) in [6, 6.07) is 9.01. The summed E-state index contributed by atoms with van der Waals surface area (Å²) >= 11 is 0. The minimum absolute atomic E-state index is 0.294. The number of hydrogen-bond donors (Lipinski definition) is 3. The highest BCUT2D eigenvalue weighted by Gasteiger charge is 2.14. The van der Waals surface area contributed by atoms with Crippen LogP contribution in [0.25, 0.3) is 10.8 Å². The molecule has 0 atom stereocenters. The smallest absolute Gasteiger partial charge is 0.260 e. The van der Waals surface area contributed by atoms with Gasteiger partial charge in [0, 0.05) is 17.6 Å². The molecule has 0 saturated heterocycles. The molecule has 1 amide bonds. The quantitative estimate of drug-likeness (QED) is 0.502. The minimum atomic E-state index is -0.321. The monoisotopic (exact) mass is 283 g/mol. The van der Waals surface area contributed by atoms with E-state index in [4.69, 9.17) is 10.4 Å².